The summed E-state index contributed by atoms with van der Waals surface area (Å²) in [6.07, 6.45) is 0.892. The van der Waals surface area contributed by atoms with E-state index in [2.05, 4.69) is 5.32 Å². The third kappa shape index (κ3) is 4.50. The second kappa shape index (κ2) is 8.59. The molecule has 0 aliphatic rings. The van der Waals surface area contributed by atoms with Gasteiger partial charge in [0.2, 0.25) is 0 Å². The average Bonchev–Trinajstić information content (AvgIpc) is 2.61. The number of benzene rings is 2. The second-order valence-electron chi connectivity index (χ2n) is 5.09. The molecule has 124 valence electrons. The summed E-state index contributed by atoms with van der Waals surface area (Å²) in [5.74, 6) is 0.902. The second-order valence-corrected chi connectivity index (χ2v) is 5.09. The minimum Gasteiger partial charge on any atom is -0.490 e. The van der Waals surface area contributed by atoms with Crippen molar-refractivity contribution in [1.82, 2.24) is 0 Å². The summed E-state index contributed by atoms with van der Waals surface area (Å²) in [4.78, 5) is 12.4. The number of carbonyl (C=O) groups excluding carboxylic acids is 1. The summed E-state index contributed by atoms with van der Waals surface area (Å²) in [6.45, 7) is 4.98. The molecular formula is C19H20N2O3. The van der Waals surface area contributed by atoms with Crippen molar-refractivity contribution in [2.45, 2.75) is 20.3 Å². The number of anilines is 1. The maximum atomic E-state index is 12.4. The number of amides is 1. The lowest BCUT2D eigenvalue weighted by Crippen LogP contribution is -2.12. The molecule has 0 atom stereocenters. The van der Waals surface area contributed by atoms with Gasteiger partial charge in [-0.1, -0.05) is 13.0 Å². The topological polar surface area (TPSA) is 71.3 Å². The average molecular weight is 324 g/mol. The molecule has 0 saturated heterocycles. The van der Waals surface area contributed by atoms with Gasteiger partial charge in [0, 0.05) is 11.3 Å². The van der Waals surface area contributed by atoms with E-state index in [4.69, 9.17) is 14.7 Å². The van der Waals surface area contributed by atoms with Crippen LogP contribution in [0.4, 0.5) is 5.69 Å². The van der Waals surface area contributed by atoms with Gasteiger partial charge in [-0.05, 0) is 49.7 Å². The van der Waals surface area contributed by atoms with Gasteiger partial charge in [-0.15, -0.1) is 0 Å². The zero-order valence-corrected chi connectivity index (χ0v) is 13.8. The molecule has 5 nitrogen and oxygen atoms in total. The normalized spacial score (nSPS) is 9.88. The van der Waals surface area contributed by atoms with Gasteiger partial charge in [-0.3, -0.25) is 4.79 Å². The fourth-order valence-electron chi connectivity index (χ4n) is 2.12. The number of hydrogen-bond acceptors (Lipinski definition) is 4. The Bertz CT molecular complexity index is 751. The lowest BCUT2D eigenvalue weighted by Gasteiger charge is -2.13. The molecule has 2 rings (SSSR count). The van der Waals surface area contributed by atoms with Crippen LogP contribution in [-0.2, 0) is 0 Å². The molecule has 0 bridgehead atoms. The highest BCUT2D eigenvalue weighted by Gasteiger charge is 2.12. The molecule has 1 amide bonds. The number of nitrogens with one attached hydrogen (secondary N) is 1. The Morgan fingerprint density at radius 1 is 1.12 bits per heavy atom. The van der Waals surface area contributed by atoms with Crippen molar-refractivity contribution < 1.29 is 14.3 Å². The van der Waals surface area contributed by atoms with Gasteiger partial charge in [0.05, 0.1) is 24.8 Å². The summed E-state index contributed by atoms with van der Waals surface area (Å²) in [5.41, 5.74) is 1.53. The number of rotatable bonds is 7. The standard InChI is InChI=1S/C19H20N2O3/c1-3-10-24-17-9-8-15(12-18(17)23-4-2)19(22)21-16-7-5-6-14(11-16)13-20/h5-9,11-12H,3-4,10H2,1-2H3,(H,21,22). The summed E-state index contributed by atoms with van der Waals surface area (Å²) in [5, 5.41) is 11.7. The van der Waals surface area contributed by atoms with E-state index >= 15 is 0 Å². The van der Waals surface area contributed by atoms with Crippen LogP contribution in [0.3, 0.4) is 0 Å². The van der Waals surface area contributed by atoms with Gasteiger partial charge in [-0.25, -0.2) is 0 Å². The lowest BCUT2D eigenvalue weighted by atomic mass is 10.1. The van der Waals surface area contributed by atoms with Crippen LogP contribution in [0.5, 0.6) is 11.5 Å². The minimum atomic E-state index is -0.270. The monoisotopic (exact) mass is 324 g/mol. The van der Waals surface area contributed by atoms with E-state index in [1.807, 2.05) is 19.9 Å². The molecule has 1 N–H and O–H groups in total. The van der Waals surface area contributed by atoms with Crippen molar-refractivity contribution in [3.63, 3.8) is 0 Å². The Morgan fingerprint density at radius 3 is 2.67 bits per heavy atom. The SMILES string of the molecule is CCCOc1ccc(C(=O)Nc2cccc(C#N)c2)cc1OCC. The third-order valence-electron chi connectivity index (χ3n) is 3.22. The molecule has 0 saturated carbocycles. The molecule has 2 aromatic rings. The van der Waals surface area contributed by atoms with E-state index in [0.29, 0.717) is 41.5 Å². The number of ether oxygens (including phenoxy) is 2. The summed E-state index contributed by atoms with van der Waals surface area (Å²) in [7, 11) is 0. The first-order valence-corrected chi connectivity index (χ1v) is 7.89. The van der Waals surface area contributed by atoms with Gasteiger partial charge in [0.25, 0.3) is 5.91 Å². The first-order chi connectivity index (χ1) is 11.7. The van der Waals surface area contributed by atoms with Crippen LogP contribution in [-0.4, -0.2) is 19.1 Å². The van der Waals surface area contributed by atoms with Crippen molar-refractivity contribution in [1.29, 1.82) is 5.26 Å². The smallest absolute Gasteiger partial charge is 0.255 e. The summed E-state index contributed by atoms with van der Waals surface area (Å²) < 4.78 is 11.2. The first-order valence-electron chi connectivity index (χ1n) is 7.89. The Kier molecular flexibility index (Phi) is 6.21. The quantitative estimate of drug-likeness (QED) is 0.835. The number of nitrogens with zero attached hydrogens (tertiary/aromatic N) is 1. The molecule has 0 unspecified atom stereocenters. The van der Waals surface area contributed by atoms with Gasteiger partial charge in [-0.2, -0.15) is 5.26 Å². The van der Waals surface area contributed by atoms with Crippen LogP contribution < -0.4 is 14.8 Å². The molecule has 2 aromatic carbocycles. The maximum absolute atomic E-state index is 12.4. The van der Waals surface area contributed by atoms with E-state index in [1.54, 1.807) is 42.5 Å². The van der Waals surface area contributed by atoms with Crippen molar-refractivity contribution in [3.8, 4) is 17.6 Å². The molecule has 0 fully saturated rings. The summed E-state index contributed by atoms with van der Waals surface area (Å²) in [6, 6.07) is 13.9. The van der Waals surface area contributed by atoms with E-state index in [1.165, 1.54) is 0 Å². The highest BCUT2D eigenvalue weighted by Crippen LogP contribution is 2.29. The Balaban J connectivity index is 2.19. The van der Waals surface area contributed by atoms with Gasteiger partial charge >= 0.3 is 0 Å². The molecular weight excluding hydrogens is 304 g/mol. The number of hydrogen-bond donors (Lipinski definition) is 1. The number of nitriles is 1. The van der Waals surface area contributed by atoms with E-state index in [0.717, 1.165) is 6.42 Å². The first kappa shape index (κ1) is 17.4. The zero-order chi connectivity index (χ0) is 17.4. The van der Waals surface area contributed by atoms with Crippen LogP contribution in [0.1, 0.15) is 36.2 Å². The summed E-state index contributed by atoms with van der Waals surface area (Å²) >= 11 is 0. The highest BCUT2D eigenvalue weighted by molar-refractivity contribution is 6.04. The fraction of sp³-hybridized carbons (Fsp3) is 0.263. The van der Waals surface area contributed by atoms with Crippen LogP contribution in [0, 0.1) is 11.3 Å². The van der Waals surface area contributed by atoms with Gasteiger partial charge in [0.15, 0.2) is 11.5 Å². The molecule has 0 aliphatic carbocycles. The zero-order valence-electron chi connectivity index (χ0n) is 13.8. The molecule has 5 heteroatoms. The van der Waals surface area contributed by atoms with Crippen LogP contribution in [0.2, 0.25) is 0 Å². The van der Waals surface area contributed by atoms with Crippen LogP contribution >= 0.6 is 0 Å². The highest BCUT2D eigenvalue weighted by atomic mass is 16.5. The molecule has 0 aromatic heterocycles. The van der Waals surface area contributed by atoms with E-state index in [-0.39, 0.29) is 5.91 Å². The predicted octanol–water partition coefficient (Wildman–Crippen LogP) is 4.00. The largest absolute Gasteiger partial charge is 0.490 e. The fourth-order valence-corrected chi connectivity index (χ4v) is 2.12. The van der Waals surface area contributed by atoms with Crippen molar-refractivity contribution in [2.24, 2.45) is 0 Å². The van der Waals surface area contributed by atoms with E-state index < -0.39 is 0 Å². The maximum Gasteiger partial charge on any atom is 0.255 e. The third-order valence-corrected chi connectivity index (χ3v) is 3.22. The minimum absolute atomic E-state index is 0.270. The molecule has 0 radical (unpaired) electrons. The Labute approximate surface area is 141 Å². The molecule has 0 spiro atoms. The van der Waals surface area contributed by atoms with Crippen molar-refractivity contribution in [3.05, 3.63) is 53.6 Å². The Morgan fingerprint density at radius 2 is 1.96 bits per heavy atom. The molecule has 24 heavy (non-hydrogen) atoms. The molecule has 0 heterocycles. The van der Waals surface area contributed by atoms with Gasteiger partial charge < -0.3 is 14.8 Å². The Hall–Kier alpha value is -3.00. The van der Waals surface area contributed by atoms with Crippen LogP contribution in [0.25, 0.3) is 0 Å². The number of carbonyl (C=O) groups is 1. The van der Waals surface area contributed by atoms with Crippen molar-refractivity contribution >= 4 is 11.6 Å². The van der Waals surface area contributed by atoms with Crippen molar-refractivity contribution in [2.75, 3.05) is 18.5 Å². The predicted molar refractivity (Wildman–Crippen MR) is 92.5 cm³/mol. The molecule has 0 aliphatic heterocycles. The van der Waals surface area contributed by atoms with Crippen LogP contribution in [0.15, 0.2) is 42.5 Å². The van der Waals surface area contributed by atoms with E-state index in [9.17, 15) is 4.79 Å². The lowest BCUT2D eigenvalue weighted by molar-refractivity contribution is 0.102. The van der Waals surface area contributed by atoms with Gasteiger partial charge in [0.1, 0.15) is 0 Å².